The Morgan fingerprint density at radius 3 is 2.13 bits per heavy atom. The minimum Gasteiger partial charge on any atom is -0.451 e. The molecular formula is C23H27N3O5. The average molecular weight is 425 g/mol. The predicted octanol–water partition coefficient (Wildman–Crippen LogP) is 1.22. The summed E-state index contributed by atoms with van der Waals surface area (Å²) in [5, 5.41) is 0. The van der Waals surface area contributed by atoms with Crippen molar-refractivity contribution in [1.29, 1.82) is 0 Å². The number of hydrogen-bond donors (Lipinski definition) is 0. The Morgan fingerprint density at radius 1 is 0.968 bits per heavy atom. The van der Waals surface area contributed by atoms with Gasteiger partial charge in [-0.25, -0.2) is 0 Å². The second kappa shape index (κ2) is 8.91. The summed E-state index contributed by atoms with van der Waals surface area (Å²) < 4.78 is 5.28. The first-order valence-corrected chi connectivity index (χ1v) is 10.7. The number of esters is 1. The van der Waals surface area contributed by atoms with Crippen LogP contribution in [-0.4, -0.2) is 72.3 Å². The van der Waals surface area contributed by atoms with Gasteiger partial charge in [0, 0.05) is 31.9 Å². The van der Waals surface area contributed by atoms with Crippen molar-refractivity contribution in [2.45, 2.75) is 25.9 Å². The van der Waals surface area contributed by atoms with E-state index in [9.17, 15) is 19.2 Å². The number of nitrogens with zero attached hydrogens (tertiary/aromatic N) is 3. The number of ether oxygens (including phenoxy) is 1. The normalized spacial score (nSPS) is 24.2. The quantitative estimate of drug-likeness (QED) is 0.401. The zero-order valence-electron chi connectivity index (χ0n) is 17.6. The third-order valence-corrected chi connectivity index (χ3v) is 6.25. The first-order valence-electron chi connectivity index (χ1n) is 10.7. The van der Waals surface area contributed by atoms with Gasteiger partial charge in [0.1, 0.15) is 6.54 Å². The summed E-state index contributed by atoms with van der Waals surface area (Å²) in [6.45, 7) is 3.56. The molecule has 4 rings (SSSR count). The van der Waals surface area contributed by atoms with Crippen LogP contribution in [0.3, 0.4) is 0 Å². The van der Waals surface area contributed by atoms with E-state index in [-0.39, 0.29) is 29.6 Å². The monoisotopic (exact) mass is 425 g/mol. The Labute approximate surface area is 181 Å². The molecule has 0 N–H and O–H groups in total. The van der Waals surface area contributed by atoms with Crippen LogP contribution < -0.4 is 4.90 Å². The van der Waals surface area contributed by atoms with Gasteiger partial charge in [-0.2, -0.15) is 0 Å². The fraction of sp³-hybridized carbons (Fsp3) is 0.478. The number of fused-ring (bicyclic) bond motifs is 1. The summed E-state index contributed by atoms with van der Waals surface area (Å²) in [5.41, 5.74) is 1.12. The van der Waals surface area contributed by atoms with E-state index in [4.69, 9.17) is 4.74 Å². The Morgan fingerprint density at radius 2 is 1.55 bits per heavy atom. The van der Waals surface area contributed by atoms with E-state index in [1.807, 2.05) is 42.5 Å². The Balaban J connectivity index is 1.27. The highest BCUT2D eigenvalue weighted by molar-refractivity contribution is 6.07. The topological polar surface area (TPSA) is 87.2 Å². The van der Waals surface area contributed by atoms with E-state index in [0.29, 0.717) is 39.0 Å². The van der Waals surface area contributed by atoms with E-state index in [2.05, 4.69) is 4.90 Å². The van der Waals surface area contributed by atoms with Crippen LogP contribution >= 0.6 is 0 Å². The number of amides is 3. The lowest BCUT2D eigenvalue weighted by Gasteiger charge is -2.37. The Kier molecular flexibility index (Phi) is 6.06. The molecule has 2 aliphatic heterocycles. The SMILES string of the molecule is C[C@@H](OC(=O)CN1C(=O)[C@H]2CC=CC[C@@H]2C1=O)C(=O)N1CCN(c2ccccc2)CC1. The highest BCUT2D eigenvalue weighted by atomic mass is 16.5. The van der Waals surface area contributed by atoms with Crippen LogP contribution in [0.15, 0.2) is 42.5 Å². The van der Waals surface area contributed by atoms with Gasteiger partial charge in [-0.1, -0.05) is 30.4 Å². The van der Waals surface area contributed by atoms with Gasteiger partial charge in [0.15, 0.2) is 6.10 Å². The molecule has 2 heterocycles. The van der Waals surface area contributed by atoms with Crippen LogP contribution in [0, 0.1) is 11.8 Å². The van der Waals surface area contributed by atoms with Crippen molar-refractivity contribution in [1.82, 2.24) is 9.80 Å². The molecule has 0 aromatic heterocycles. The predicted molar refractivity (Wildman–Crippen MR) is 113 cm³/mol. The van der Waals surface area contributed by atoms with Crippen LogP contribution in [0.5, 0.6) is 0 Å². The highest BCUT2D eigenvalue weighted by Crippen LogP contribution is 2.34. The van der Waals surface area contributed by atoms with E-state index in [1.54, 1.807) is 4.90 Å². The first-order chi connectivity index (χ1) is 15.0. The van der Waals surface area contributed by atoms with Crippen molar-refractivity contribution in [3.05, 3.63) is 42.5 Å². The van der Waals surface area contributed by atoms with Gasteiger partial charge in [0.05, 0.1) is 11.8 Å². The van der Waals surface area contributed by atoms with Crippen molar-refractivity contribution in [3.8, 4) is 0 Å². The van der Waals surface area contributed by atoms with Gasteiger partial charge in [-0.3, -0.25) is 24.1 Å². The lowest BCUT2D eigenvalue weighted by atomic mass is 9.85. The molecule has 3 amide bonds. The second-order valence-corrected chi connectivity index (χ2v) is 8.20. The fourth-order valence-corrected chi connectivity index (χ4v) is 4.52. The molecule has 0 bridgehead atoms. The number of hydrogen-bond acceptors (Lipinski definition) is 6. The number of likely N-dealkylation sites (tertiary alicyclic amines) is 1. The number of anilines is 1. The number of imide groups is 1. The molecule has 2 saturated heterocycles. The van der Waals surface area contributed by atoms with Gasteiger partial charge in [-0.15, -0.1) is 0 Å². The maximum absolute atomic E-state index is 12.7. The molecule has 1 aromatic rings. The molecule has 8 heteroatoms. The molecule has 0 saturated carbocycles. The van der Waals surface area contributed by atoms with Crippen LogP contribution in [0.2, 0.25) is 0 Å². The average Bonchev–Trinajstić information content (AvgIpc) is 3.04. The van der Waals surface area contributed by atoms with E-state index >= 15 is 0 Å². The number of rotatable bonds is 5. The molecule has 3 aliphatic rings. The summed E-state index contributed by atoms with van der Waals surface area (Å²) in [6, 6.07) is 10.0. The largest absolute Gasteiger partial charge is 0.451 e. The maximum atomic E-state index is 12.7. The summed E-state index contributed by atoms with van der Waals surface area (Å²) in [7, 11) is 0. The lowest BCUT2D eigenvalue weighted by Crippen LogP contribution is -2.52. The van der Waals surface area contributed by atoms with Gasteiger partial charge in [-0.05, 0) is 31.9 Å². The summed E-state index contributed by atoms with van der Waals surface area (Å²) in [6.07, 6.45) is 3.86. The third-order valence-electron chi connectivity index (χ3n) is 6.25. The van der Waals surface area contributed by atoms with Crippen molar-refractivity contribution in [2.75, 3.05) is 37.6 Å². The number of piperazine rings is 1. The van der Waals surface area contributed by atoms with Gasteiger partial charge in [0.25, 0.3) is 5.91 Å². The molecule has 0 radical (unpaired) electrons. The summed E-state index contributed by atoms with van der Waals surface area (Å²) in [5.74, 6) is -2.43. The van der Waals surface area contributed by atoms with E-state index in [0.717, 1.165) is 10.6 Å². The van der Waals surface area contributed by atoms with Crippen LogP contribution in [-0.2, 0) is 23.9 Å². The van der Waals surface area contributed by atoms with Crippen molar-refractivity contribution in [3.63, 3.8) is 0 Å². The van der Waals surface area contributed by atoms with E-state index < -0.39 is 18.6 Å². The minimum absolute atomic E-state index is 0.266. The molecule has 8 nitrogen and oxygen atoms in total. The molecule has 3 atom stereocenters. The molecule has 1 aromatic carbocycles. The molecule has 164 valence electrons. The molecule has 2 fully saturated rings. The number of benzene rings is 1. The Bertz CT molecular complexity index is 866. The molecule has 1 aliphatic carbocycles. The van der Waals surface area contributed by atoms with Gasteiger partial charge in [0.2, 0.25) is 11.8 Å². The molecule has 0 unspecified atom stereocenters. The van der Waals surface area contributed by atoms with Crippen LogP contribution in [0.25, 0.3) is 0 Å². The van der Waals surface area contributed by atoms with Crippen LogP contribution in [0.1, 0.15) is 19.8 Å². The molecule has 31 heavy (non-hydrogen) atoms. The smallest absolute Gasteiger partial charge is 0.326 e. The van der Waals surface area contributed by atoms with Crippen molar-refractivity contribution in [2.24, 2.45) is 11.8 Å². The molecule has 0 spiro atoms. The highest BCUT2D eigenvalue weighted by Gasteiger charge is 2.48. The standard InChI is InChI=1S/C23H27N3O5/c1-16(21(28)25-13-11-24(12-14-25)17-7-3-2-4-8-17)31-20(27)15-26-22(29)18-9-5-6-10-19(18)23(26)30/h2-8,16,18-19H,9-15H2,1H3/t16-,18+,19+/m1/s1. The number of allylic oxidation sites excluding steroid dienone is 2. The summed E-state index contributed by atoms with van der Waals surface area (Å²) >= 11 is 0. The first kappa shape index (κ1) is 21.1. The van der Waals surface area contributed by atoms with Crippen molar-refractivity contribution >= 4 is 29.4 Å². The summed E-state index contributed by atoms with van der Waals surface area (Å²) in [4.78, 5) is 54.9. The van der Waals surface area contributed by atoms with Gasteiger partial charge < -0.3 is 14.5 Å². The lowest BCUT2D eigenvalue weighted by molar-refractivity contribution is -0.162. The maximum Gasteiger partial charge on any atom is 0.326 e. The molecular weight excluding hydrogens is 398 g/mol. The van der Waals surface area contributed by atoms with Gasteiger partial charge >= 0.3 is 5.97 Å². The third kappa shape index (κ3) is 4.33. The zero-order valence-corrected chi connectivity index (χ0v) is 17.6. The number of carbonyl (C=O) groups excluding carboxylic acids is 4. The second-order valence-electron chi connectivity index (χ2n) is 8.20. The fourth-order valence-electron chi connectivity index (χ4n) is 4.52. The minimum atomic E-state index is -0.965. The van der Waals surface area contributed by atoms with E-state index in [1.165, 1.54) is 6.92 Å². The van der Waals surface area contributed by atoms with Crippen LogP contribution in [0.4, 0.5) is 5.69 Å². The Hall–Kier alpha value is -3.16. The zero-order chi connectivity index (χ0) is 22.0. The van der Waals surface area contributed by atoms with Crippen molar-refractivity contribution < 1.29 is 23.9 Å². The number of carbonyl (C=O) groups is 4. The number of para-hydroxylation sites is 1.